The average molecular weight is 478 g/mol. The van der Waals surface area contributed by atoms with E-state index in [1.807, 2.05) is 36.2 Å². The van der Waals surface area contributed by atoms with Gasteiger partial charge in [0.25, 0.3) is 0 Å². The third-order valence-corrected chi connectivity index (χ3v) is 5.35. The molecule has 3 heterocycles. The fourth-order valence-electron chi connectivity index (χ4n) is 3.48. The van der Waals surface area contributed by atoms with Gasteiger partial charge in [0.1, 0.15) is 17.4 Å². The first-order valence-corrected chi connectivity index (χ1v) is 11.2. The van der Waals surface area contributed by atoms with Gasteiger partial charge in [-0.2, -0.15) is 10.2 Å². The molecule has 0 aliphatic carbocycles. The first kappa shape index (κ1) is 23.3. The SMILES string of the molecule is CN1CC(=O)NCCCOc2ccc(cc2Cl)Nc2nc(ncc2C#N)Nc2cccc(c2)C1. The molecule has 2 aliphatic rings. The Morgan fingerprint density at radius 1 is 1.15 bits per heavy atom. The molecule has 6 bridgehead atoms. The van der Waals surface area contributed by atoms with Crippen LogP contribution < -0.4 is 20.7 Å². The fourth-order valence-corrected chi connectivity index (χ4v) is 3.71. The molecule has 10 heteroatoms. The van der Waals surface area contributed by atoms with E-state index in [0.717, 1.165) is 11.3 Å². The lowest BCUT2D eigenvalue weighted by Gasteiger charge is -2.17. The van der Waals surface area contributed by atoms with Crippen LogP contribution in [-0.2, 0) is 11.3 Å². The van der Waals surface area contributed by atoms with E-state index in [9.17, 15) is 10.1 Å². The summed E-state index contributed by atoms with van der Waals surface area (Å²) < 4.78 is 5.75. The lowest BCUT2D eigenvalue weighted by molar-refractivity contribution is -0.122. The Balaban J connectivity index is 1.64. The van der Waals surface area contributed by atoms with Crippen molar-refractivity contribution < 1.29 is 9.53 Å². The number of amides is 1. The van der Waals surface area contributed by atoms with Crippen LogP contribution >= 0.6 is 11.6 Å². The summed E-state index contributed by atoms with van der Waals surface area (Å²) in [7, 11) is 1.89. The van der Waals surface area contributed by atoms with Crippen molar-refractivity contribution in [2.75, 3.05) is 37.4 Å². The van der Waals surface area contributed by atoms with Gasteiger partial charge in [-0.25, -0.2) is 4.98 Å². The number of carbonyl (C=O) groups excluding carboxylic acids is 1. The standard InChI is InChI=1S/C24H24ClN7O2/c1-32-14-16-4-2-5-18(10-16)30-24-28-13-17(12-26)23(31-24)29-19-6-7-21(20(25)11-19)34-9-3-8-27-22(33)15-32/h2,4-7,10-11,13H,3,8-9,14-15H2,1H3,(H,27,33)(H2,28,29,30,31). The molecule has 5 rings (SSSR count). The Hall–Kier alpha value is -3.87. The normalized spacial score (nSPS) is 15.0. The number of aromatic nitrogens is 2. The number of fused-ring (bicyclic) bond motifs is 10. The van der Waals surface area contributed by atoms with Crippen LogP contribution in [0.2, 0.25) is 5.02 Å². The minimum absolute atomic E-state index is 0.0466. The van der Waals surface area contributed by atoms with E-state index < -0.39 is 0 Å². The number of nitrogens with zero attached hydrogens (tertiary/aromatic N) is 4. The van der Waals surface area contributed by atoms with Crippen LogP contribution in [0.5, 0.6) is 5.75 Å². The van der Waals surface area contributed by atoms with Crippen molar-refractivity contribution in [3.05, 3.63) is 64.8 Å². The summed E-state index contributed by atoms with van der Waals surface area (Å²) in [5.74, 6) is 1.18. The van der Waals surface area contributed by atoms with Crippen LogP contribution in [0, 0.1) is 11.3 Å². The number of anilines is 4. The van der Waals surface area contributed by atoms with E-state index in [0.29, 0.717) is 59.9 Å². The molecular weight excluding hydrogens is 454 g/mol. The van der Waals surface area contributed by atoms with Gasteiger partial charge in [-0.1, -0.05) is 23.7 Å². The van der Waals surface area contributed by atoms with Crippen LogP contribution in [0.4, 0.5) is 23.1 Å². The lowest BCUT2D eigenvalue weighted by atomic mass is 10.2. The highest BCUT2D eigenvalue weighted by Gasteiger charge is 2.12. The van der Waals surface area contributed by atoms with Gasteiger partial charge in [0.2, 0.25) is 11.9 Å². The molecule has 0 saturated carbocycles. The van der Waals surface area contributed by atoms with Crippen molar-refractivity contribution in [2.45, 2.75) is 13.0 Å². The maximum Gasteiger partial charge on any atom is 0.234 e. The van der Waals surface area contributed by atoms with Crippen LogP contribution in [0.1, 0.15) is 17.5 Å². The summed E-state index contributed by atoms with van der Waals surface area (Å²) in [4.78, 5) is 22.9. The van der Waals surface area contributed by atoms with Gasteiger partial charge >= 0.3 is 0 Å². The van der Waals surface area contributed by atoms with E-state index in [2.05, 4.69) is 32.0 Å². The first-order chi connectivity index (χ1) is 16.5. The third-order valence-electron chi connectivity index (χ3n) is 5.05. The zero-order chi connectivity index (χ0) is 23.9. The molecule has 3 aromatic rings. The molecule has 1 amide bonds. The Kier molecular flexibility index (Phi) is 7.42. The predicted molar refractivity (Wildman–Crippen MR) is 131 cm³/mol. The minimum Gasteiger partial charge on any atom is -0.492 e. The number of hydrogen-bond acceptors (Lipinski definition) is 8. The van der Waals surface area contributed by atoms with E-state index in [1.165, 1.54) is 6.20 Å². The summed E-state index contributed by atoms with van der Waals surface area (Å²) in [5, 5.41) is 19.1. The largest absolute Gasteiger partial charge is 0.492 e. The summed E-state index contributed by atoms with van der Waals surface area (Å²) in [5.41, 5.74) is 2.78. The van der Waals surface area contributed by atoms with Gasteiger partial charge in [-0.15, -0.1) is 0 Å². The zero-order valence-electron chi connectivity index (χ0n) is 18.6. The molecule has 2 aromatic carbocycles. The molecule has 0 spiro atoms. The van der Waals surface area contributed by atoms with E-state index >= 15 is 0 Å². The number of likely N-dealkylation sites (N-methyl/N-ethyl adjacent to an activating group) is 1. The number of halogens is 1. The number of rotatable bonds is 0. The second-order valence-corrected chi connectivity index (χ2v) is 8.29. The van der Waals surface area contributed by atoms with Crippen LogP contribution in [-0.4, -0.2) is 47.5 Å². The Morgan fingerprint density at radius 3 is 2.82 bits per heavy atom. The summed E-state index contributed by atoms with van der Waals surface area (Å²) in [6.07, 6.45) is 2.11. The molecule has 0 radical (unpaired) electrons. The van der Waals surface area contributed by atoms with Gasteiger partial charge in [-0.3, -0.25) is 9.69 Å². The third kappa shape index (κ3) is 6.13. The van der Waals surface area contributed by atoms with Gasteiger partial charge in [0, 0.05) is 24.5 Å². The predicted octanol–water partition coefficient (Wildman–Crippen LogP) is 3.82. The highest BCUT2D eigenvalue weighted by molar-refractivity contribution is 6.32. The monoisotopic (exact) mass is 477 g/mol. The van der Waals surface area contributed by atoms with Gasteiger partial charge < -0.3 is 20.7 Å². The van der Waals surface area contributed by atoms with E-state index in [1.54, 1.807) is 18.2 Å². The zero-order valence-corrected chi connectivity index (χ0v) is 19.4. The Bertz CT molecular complexity index is 1230. The molecule has 0 atom stereocenters. The number of benzene rings is 2. The molecule has 3 N–H and O–H groups in total. The van der Waals surface area contributed by atoms with Crippen molar-refractivity contribution in [2.24, 2.45) is 0 Å². The summed E-state index contributed by atoms with van der Waals surface area (Å²) >= 11 is 6.38. The second kappa shape index (κ2) is 10.8. The fraction of sp³-hybridized carbons (Fsp3) is 0.250. The molecule has 34 heavy (non-hydrogen) atoms. The maximum atomic E-state index is 12.3. The number of ether oxygens (including phenoxy) is 1. The first-order valence-electron chi connectivity index (χ1n) is 10.8. The minimum atomic E-state index is -0.0466. The smallest absolute Gasteiger partial charge is 0.234 e. The van der Waals surface area contributed by atoms with Gasteiger partial charge in [0.05, 0.1) is 24.4 Å². The van der Waals surface area contributed by atoms with Crippen LogP contribution in [0.25, 0.3) is 0 Å². The van der Waals surface area contributed by atoms with Crippen molar-refractivity contribution in [1.29, 1.82) is 5.26 Å². The molecule has 0 saturated heterocycles. The number of hydrogen-bond donors (Lipinski definition) is 3. The molecule has 174 valence electrons. The Morgan fingerprint density at radius 2 is 2.00 bits per heavy atom. The molecular formula is C24H24ClN7O2. The number of nitriles is 1. The van der Waals surface area contributed by atoms with Crippen molar-refractivity contribution >= 4 is 40.6 Å². The molecule has 9 nitrogen and oxygen atoms in total. The average Bonchev–Trinajstić information content (AvgIpc) is 2.80. The molecule has 0 fully saturated rings. The summed E-state index contributed by atoms with van der Waals surface area (Å²) in [6.45, 7) is 1.79. The Labute approximate surface area is 202 Å². The van der Waals surface area contributed by atoms with Gasteiger partial charge in [0.15, 0.2) is 5.82 Å². The van der Waals surface area contributed by atoms with Crippen molar-refractivity contribution in [3.8, 4) is 11.8 Å². The topological polar surface area (TPSA) is 115 Å². The van der Waals surface area contributed by atoms with Crippen LogP contribution in [0.3, 0.4) is 0 Å². The second-order valence-electron chi connectivity index (χ2n) is 7.89. The van der Waals surface area contributed by atoms with Crippen molar-refractivity contribution in [3.63, 3.8) is 0 Å². The number of nitrogens with one attached hydrogen (secondary N) is 3. The van der Waals surface area contributed by atoms with Crippen LogP contribution in [0.15, 0.2) is 48.7 Å². The number of carbonyl (C=O) groups is 1. The highest BCUT2D eigenvalue weighted by Crippen LogP contribution is 2.30. The van der Waals surface area contributed by atoms with E-state index in [4.69, 9.17) is 16.3 Å². The molecule has 1 aromatic heterocycles. The quantitative estimate of drug-likeness (QED) is 0.447. The summed E-state index contributed by atoms with van der Waals surface area (Å²) in [6, 6.07) is 15.1. The highest BCUT2D eigenvalue weighted by atomic mass is 35.5. The van der Waals surface area contributed by atoms with Gasteiger partial charge in [-0.05, 0) is 49.4 Å². The van der Waals surface area contributed by atoms with Crippen molar-refractivity contribution in [1.82, 2.24) is 20.2 Å². The van der Waals surface area contributed by atoms with E-state index in [-0.39, 0.29) is 12.5 Å². The lowest BCUT2D eigenvalue weighted by Crippen LogP contribution is -2.35. The molecule has 0 unspecified atom stereocenters. The maximum absolute atomic E-state index is 12.3. The molecule has 2 aliphatic heterocycles.